The highest BCUT2D eigenvalue weighted by Gasteiger charge is 2.21. The number of carbonyl (C=O) groups excluding carboxylic acids is 1. The van der Waals surface area contributed by atoms with Gasteiger partial charge >= 0.3 is 0 Å². The van der Waals surface area contributed by atoms with Gasteiger partial charge < -0.3 is 20.7 Å². The first kappa shape index (κ1) is 23.3. The minimum atomic E-state index is -0.900. The van der Waals surface area contributed by atoms with Gasteiger partial charge in [0.25, 0.3) is 0 Å². The fourth-order valence-electron chi connectivity index (χ4n) is 1.53. The summed E-state index contributed by atoms with van der Waals surface area (Å²) < 4.78 is 5.66. The van der Waals surface area contributed by atoms with Gasteiger partial charge in [-0.25, -0.2) is 0 Å². The van der Waals surface area contributed by atoms with Crippen molar-refractivity contribution in [2.45, 2.75) is 25.8 Å². The lowest BCUT2D eigenvalue weighted by Gasteiger charge is -2.18. The molecule has 22 heavy (non-hydrogen) atoms. The topological polar surface area (TPSA) is 67.6 Å². The zero-order valence-corrected chi connectivity index (χ0v) is 15.2. The van der Waals surface area contributed by atoms with E-state index in [1.54, 1.807) is 19.9 Å². The molecule has 0 atom stereocenters. The second kappa shape index (κ2) is 10.7. The van der Waals surface area contributed by atoms with Gasteiger partial charge in [-0.15, -0.1) is 24.8 Å². The number of carbonyl (C=O) groups is 1. The fourth-order valence-corrected chi connectivity index (χ4v) is 1.53. The number of hydrogen-bond acceptors (Lipinski definition) is 4. The number of hydrogen-bond donors (Lipinski definition) is 2. The molecule has 0 saturated carbocycles. The van der Waals surface area contributed by atoms with Crippen molar-refractivity contribution < 1.29 is 9.53 Å². The highest BCUT2D eigenvalue weighted by Crippen LogP contribution is 2.18. The molecule has 0 radical (unpaired) electrons. The minimum absolute atomic E-state index is 0. The van der Waals surface area contributed by atoms with Crippen LogP contribution in [0.15, 0.2) is 24.3 Å². The van der Waals surface area contributed by atoms with Crippen LogP contribution >= 0.6 is 24.8 Å². The number of nitrogens with two attached hydrogens (primary N) is 1. The van der Waals surface area contributed by atoms with E-state index in [-0.39, 0.29) is 30.7 Å². The number of benzene rings is 1. The van der Waals surface area contributed by atoms with Crippen LogP contribution in [0.4, 0.5) is 5.69 Å². The van der Waals surface area contributed by atoms with E-state index >= 15 is 0 Å². The third-order valence-corrected chi connectivity index (χ3v) is 2.70. The van der Waals surface area contributed by atoms with E-state index in [0.29, 0.717) is 12.3 Å². The van der Waals surface area contributed by atoms with E-state index in [9.17, 15) is 4.79 Å². The summed E-state index contributed by atoms with van der Waals surface area (Å²) in [5, 5.41) is 2.78. The van der Waals surface area contributed by atoms with E-state index < -0.39 is 5.54 Å². The molecular weight excluding hydrogens is 325 g/mol. The molecule has 1 aromatic carbocycles. The summed E-state index contributed by atoms with van der Waals surface area (Å²) in [5.74, 6) is 0.527. The number of anilines is 1. The SMILES string of the molecule is CN(C)CCCOc1cccc(NC(=O)C(C)(C)N)c1.Cl.Cl. The molecule has 0 saturated heterocycles. The molecule has 128 valence electrons. The van der Waals surface area contributed by atoms with Crippen molar-refractivity contribution >= 4 is 36.4 Å². The lowest BCUT2D eigenvalue weighted by atomic mass is 10.1. The van der Waals surface area contributed by atoms with E-state index in [1.165, 1.54) is 0 Å². The maximum absolute atomic E-state index is 11.8. The Balaban J connectivity index is 0. The van der Waals surface area contributed by atoms with Gasteiger partial charge in [0.05, 0.1) is 12.1 Å². The molecule has 0 aliphatic heterocycles. The second-order valence-electron chi connectivity index (χ2n) is 5.71. The predicted octanol–water partition coefficient (Wildman–Crippen LogP) is 2.54. The summed E-state index contributed by atoms with van der Waals surface area (Å²) >= 11 is 0. The smallest absolute Gasteiger partial charge is 0.243 e. The zero-order chi connectivity index (χ0) is 15.2. The average Bonchev–Trinajstić information content (AvgIpc) is 2.34. The van der Waals surface area contributed by atoms with Crippen LogP contribution in [0.3, 0.4) is 0 Å². The second-order valence-corrected chi connectivity index (χ2v) is 5.71. The molecule has 0 bridgehead atoms. The normalized spacial score (nSPS) is 10.5. The van der Waals surface area contributed by atoms with Crippen molar-refractivity contribution in [2.75, 3.05) is 32.6 Å². The average molecular weight is 352 g/mol. The van der Waals surface area contributed by atoms with Crippen LogP contribution in [0, 0.1) is 0 Å². The van der Waals surface area contributed by atoms with Gasteiger partial charge in [0.15, 0.2) is 0 Å². The van der Waals surface area contributed by atoms with E-state index in [2.05, 4.69) is 10.2 Å². The van der Waals surface area contributed by atoms with Gasteiger partial charge in [-0.3, -0.25) is 4.79 Å². The monoisotopic (exact) mass is 351 g/mol. The first-order valence-corrected chi connectivity index (χ1v) is 6.77. The number of rotatable bonds is 7. The maximum atomic E-state index is 11.8. The molecule has 1 aromatic rings. The molecule has 0 aliphatic rings. The van der Waals surface area contributed by atoms with E-state index in [4.69, 9.17) is 10.5 Å². The highest BCUT2D eigenvalue weighted by molar-refractivity contribution is 5.97. The van der Waals surface area contributed by atoms with Crippen LogP contribution in [0.1, 0.15) is 20.3 Å². The summed E-state index contributed by atoms with van der Waals surface area (Å²) in [5.41, 5.74) is 5.54. The summed E-state index contributed by atoms with van der Waals surface area (Å²) in [7, 11) is 4.06. The molecule has 0 unspecified atom stereocenters. The quantitative estimate of drug-likeness (QED) is 0.740. The highest BCUT2D eigenvalue weighted by atomic mass is 35.5. The largest absolute Gasteiger partial charge is 0.493 e. The number of amides is 1. The zero-order valence-electron chi connectivity index (χ0n) is 13.6. The first-order chi connectivity index (χ1) is 9.29. The summed E-state index contributed by atoms with van der Waals surface area (Å²) in [6, 6.07) is 7.34. The molecule has 0 aromatic heterocycles. The van der Waals surface area contributed by atoms with Gasteiger partial charge in [0, 0.05) is 18.3 Å². The van der Waals surface area contributed by atoms with Gasteiger partial charge in [-0.1, -0.05) is 6.07 Å². The molecule has 3 N–H and O–H groups in total. The minimum Gasteiger partial charge on any atom is -0.493 e. The molecule has 0 heterocycles. The Kier molecular flexibility index (Phi) is 11.3. The van der Waals surface area contributed by atoms with Crippen LogP contribution in [-0.4, -0.2) is 43.6 Å². The molecule has 1 rings (SSSR count). The lowest BCUT2D eigenvalue weighted by molar-refractivity contribution is -0.120. The third-order valence-electron chi connectivity index (χ3n) is 2.70. The molecular formula is C15H27Cl2N3O2. The van der Waals surface area contributed by atoms with Crippen LogP contribution in [0.2, 0.25) is 0 Å². The number of halogens is 2. The Morgan fingerprint density at radius 1 is 1.32 bits per heavy atom. The van der Waals surface area contributed by atoms with Gasteiger partial charge in [0.1, 0.15) is 5.75 Å². The first-order valence-electron chi connectivity index (χ1n) is 6.77. The van der Waals surface area contributed by atoms with Crippen LogP contribution in [-0.2, 0) is 4.79 Å². The fraction of sp³-hybridized carbons (Fsp3) is 0.533. The molecule has 1 amide bonds. The van der Waals surface area contributed by atoms with Crippen LogP contribution in [0.25, 0.3) is 0 Å². The summed E-state index contributed by atoms with van der Waals surface area (Å²) in [4.78, 5) is 13.9. The van der Waals surface area contributed by atoms with Crippen molar-refractivity contribution in [3.63, 3.8) is 0 Å². The molecule has 7 heteroatoms. The lowest BCUT2D eigenvalue weighted by Crippen LogP contribution is -2.45. The van der Waals surface area contributed by atoms with E-state index in [0.717, 1.165) is 18.7 Å². The standard InChI is InChI=1S/C15H25N3O2.2ClH/c1-15(2,16)14(19)17-12-7-5-8-13(11-12)20-10-6-9-18(3)4;;/h5,7-8,11H,6,9-10,16H2,1-4H3,(H,17,19);2*1H. The van der Waals surface area contributed by atoms with Crippen molar-refractivity contribution in [3.05, 3.63) is 24.3 Å². The molecule has 0 fully saturated rings. The van der Waals surface area contributed by atoms with Crippen LogP contribution in [0.5, 0.6) is 5.75 Å². The van der Waals surface area contributed by atoms with Crippen molar-refractivity contribution in [2.24, 2.45) is 5.73 Å². The number of ether oxygens (including phenoxy) is 1. The Labute approximate surface area is 145 Å². The Morgan fingerprint density at radius 3 is 2.50 bits per heavy atom. The van der Waals surface area contributed by atoms with Crippen LogP contribution < -0.4 is 15.8 Å². The third kappa shape index (κ3) is 9.10. The maximum Gasteiger partial charge on any atom is 0.243 e. The van der Waals surface area contributed by atoms with Gasteiger partial charge in [-0.2, -0.15) is 0 Å². The Hall–Kier alpha value is -1.01. The van der Waals surface area contributed by atoms with Gasteiger partial charge in [0.2, 0.25) is 5.91 Å². The van der Waals surface area contributed by atoms with Crippen molar-refractivity contribution in [3.8, 4) is 5.75 Å². The van der Waals surface area contributed by atoms with E-state index in [1.807, 2.05) is 32.3 Å². The molecule has 0 aliphatic carbocycles. The summed E-state index contributed by atoms with van der Waals surface area (Å²) in [6.45, 7) is 4.98. The molecule has 5 nitrogen and oxygen atoms in total. The van der Waals surface area contributed by atoms with Crippen molar-refractivity contribution in [1.82, 2.24) is 4.90 Å². The molecule has 0 spiro atoms. The van der Waals surface area contributed by atoms with Crippen molar-refractivity contribution in [1.29, 1.82) is 0 Å². The number of nitrogens with zero attached hydrogens (tertiary/aromatic N) is 1. The predicted molar refractivity (Wildman–Crippen MR) is 96.5 cm³/mol. The number of nitrogens with one attached hydrogen (secondary N) is 1. The van der Waals surface area contributed by atoms with Gasteiger partial charge in [-0.05, 0) is 46.5 Å². The Bertz CT molecular complexity index is 449. The Morgan fingerprint density at radius 2 is 1.95 bits per heavy atom. The summed E-state index contributed by atoms with van der Waals surface area (Å²) in [6.07, 6.45) is 0.958.